The van der Waals surface area contributed by atoms with E-state index in [0.29, 0.717) is 12.3 Å². The van der Waals surface area contributed by atoms with Crippen molar-refractivity contribution in [2.45, 2.75) is 11.1 Å². The first-order valence-electron chi connectivity index (χ1n) is 9.49. The van der Waals surface area contributed by atoms with Gasteiger partial charge in [0.15, 0.2) is 0 Å². The van der Waals surface area contributed by atoms with Crippen molar-refractivity contribution in [3.8, 4) is 0 Å². The second-order valence-electron chi connectivity index (χ2n) is 7.06. The van der Waals surface area contributed by atoms with Crippen molar-refractivity contribution >= 4 is 33.5 Å². The Bertz CT molecular complexity index is 1160. The summed E-state index contributed by atoms with van der Waals surface area (Å²) in [5, 5.41) is 7.47. The van der Waals surface area contributed by atoms with Crippen LogP contribution in [0.5, 0.6) is 0 Å². The van der Waals surface area contributed by atoms with Crippen molar-refractivity contribution in [3.05, 3.63) is 47.7 Å². The van der Waals surface area contributed by atoms with E-state index in [1.165, 1.54) is 30.2 Å². The molecule has 0 radical (unpaired) electrons. The van der Waals surface area contributed by atoms with Gasteiger partial charge < -0.3 is 19.9 Å². The number of primary sulfonamides is 1. The van der Waals surface area contributed by atoms with Crippen molar-refractivity contribution in [3.63, 3.8) is 0 Å². The number of carbonyl (C=O) groups is 2. The zero-order valence-corrected chi connectivity index (χ0v) is 18.1. The molecule has 0 bridgehead atoms. The number of halogens is 3. The van der Waals surface area contributed by atoms with Crippen LogP contribution in [0.2, 0.25) is 0 Å². The highest BCUT2D eigenvalue weighted by Gasteiger charge is 2.34. The molecular weight excluding hydrogens is 467 g/mol. The Kier molecular flexibility index (Phi) is 6.78. The zero-order chi connectivity index (χ0) is 24.4. The predicted molar refractivity (Wildman–Crippen MR) is 111 cm³/mol. The first-order chi connectivity index (χ1) is 15.4. The number of methoxy groups -OCH3 is 1. The minimum absolute atomic E-state index is 0.00684. The predicted octanol–water partition coefficient (Wildman–Crippen LogP) is 1.89. The van der Waals surface area contributed by atoms with E-state index in [1.54, 1.807) is 4.90 Å². The number of aromatic nitrogens is 1. The van der Waals surface area contributed by atoms with Gasteiger partial charge in [-0.1, -0.05) is 6.07 Å². The third kappa shape index (κ3) is 5.70. The summed E-state index contributed by atoms with van der Waals surface area (Å²) >= 11 is 0. The molecule has 1 aliphatic heterocycles. The molecule has 0 spiro atoms. The Morgan fingerprint density at radius 1 is 1.15 bits per heavy atom. The van der Waals surface area contributed by atoms with E-state index < -0.39 is 33.8 Å². The first kappa shape index (κ1) is 24.3. The van der Waals surface area contributed by atoms with Crippen LogP contribution in [-0.4, -0.2) is 63.6 Å². The molecule has 0 atom stereocenters. The Labute approximate surface area is 187 Å². The molecule has 2 amide bonds. The van der Waals surface area contributed by atoms with Crippen molar-refractivity contribution in [1.29, 1.82) is 0 Å². The van der Waals surface area contributed by atoms with Gasteiger partial charge in [-0.3, -0.25) is 4.79 Å². The number of ether oxygens (including phenoxy) is 1. The Balaban J connectivity index is 1.92. The molecular formula is C19H20F3N5O5S. The number of anilines is 2. The quantitative estimate of drug-likeness (QED) is 0.672. The van der Waals surface area contributed by atoms with Gasteiger partial charge >= 0.3 is 12.3 Å². The van der Waals surface area contributed by atoms with Crippen molar-refractivity contribution in [1.82, 2.24) is 9.88 Å². The SMILES string of the molecule is COC(=O)N1CCN(c2ncc(C(F)(F)F)cc2C(=O)Nc2cccc(S(N)(=O)=O)c2)CC1. The Morgan fingerprint density at radius 3 is 2.39 bits per heavy atom. The van der Waals surface area contributed by atoms with Crippen LogP contribution in [0.3, 0.4) is 0 Å². The monoisotopic (exact) mass is 487 g/mol. The standard InChI is InChI=1S/C19H20F3N5O5S/c1-32-18(29)27-7-5-26(6-8-27)16-15(9-12(11-24-16)19(20,21)22)17(28)25-13-3-2-4-14(10-13)33(23,30)31/h2-4,9-11H,5-8H2,1H3,(H,25,28)(H2,23,30,31). The lowest BCUT2D eigenvalue weighted by Gasteiger charge is -2.35. The number of amides is 2. The minimum Gasteiger partial charge on any atom is -0.453 e. The molecule has 1 aromatic carbocycles. The first-order valence-corrected chi connectivity index (χ1v) is 11.0. The number of nitrogens with one attached hydrogen (secondary N) is 1. The number of hydrogen-bond donors (Lipinski definition) is 2. The summed E-state index contributed by atoms with van der Waals surface area (Å²) in [6.45, 7) is 0.836. The molecule has 1 saturated heterocycles. The van der Waals surface area contributed by atoms with Crippen LogP contribution in [0.25, 0.3) is 0 Å². The van der Waals surface area contributed by atoms with Crippen LogP contribution < -0.4 is 15.4 Å². The number of sulfonamides is 1. The third-order valence-electron chi connectivity index (χ3n) is 4.87. The van der Waals surface area contributed by atoms with E-state index in [1.807, 2.05) is 0 Å². The molecule has 3 N–H and O–H groups in total. The Morgan fingerprint density at radius 2 is 1.82 bits per heavy atom. The number of nitrogens with zero attached hydrogens (tertiary/aromatic N) is 3. The second kappa shape index (κ2) is 9.23. The number of alkyl halides is 3. The van der Waals surface area contributed by atoms with Crippen molar-refractivity contribution in [2.75, 3.05) is 43.5 Å². The molecule has 0 unspecified atom stereocenters. The van der Waals surface area contributed by atoms with Crippen molar-refractivity contribution in [2.24, 2.45) is 5.14 Å². The minimum atomic E-state index is -4.74. The summed E-state index contributed by atoms with van der Waals surface area (Å²) in [6, 6.07) is 5.66. The molecule has 2 aromatic rings. The van der Waals surface area contributed by atoms with Crippen LogP contribution >= 0.6 is 0 Å². The number of hydrogen-bond acceptors (Lipinski definition) is 7. The van der Waals surface area contributed by atoms with Crippen LogP contribution in [0.4, 0.5) is 29.5 Å². The summed E-state index contributed by atoms with van der Waals surface area (Å²) in [5.41, 5.74) is -1.47. The molecule has 1 aromatic heterocycles. The lowest BCUT2D eigenvalue weighted by molar-refractivity contribution is -0.137. The highest BCUT2D eigenvalue weighted by atomic mass is 32.2. The number of benzene rings is 1. The van der Waals surface area contributed by atoms with Gasteiger partial charge in [0, 0.05) is 38.1 Å². The maximum atomic E-state index is 13.3. The summed E-state index contributed by atoms with van der Waals surface area (Å²) in [6.07, 6.45) is -4.65. The highest BCUT2D eigenvalue weighted by molar-refractivity contribution is 7.89. The number of piperazine rings is 1. The summed E-state index contributed by atoms with van der Waals surface area (Å²) in [4.78, 5) is 31.2. The fourth-order valence-electron chi connectivity index (χ4n) is 3.21. The number of rotatable bonds is 4. The number of carbonyl (C=O) groups excluding carboxylic acids is 2. The fourth-order valence-corrected chi connectivity index (χ4v) is 3.77. The van der Waals surface area contributed by atoms with Gasteiger partial charge in [-0.15, -0.1) is 0 Å². The van der Waals surface area contributed by atoms with Crippen LogP contribution in [-0.2, 0) is 20.9 Å². The van der Waals surface area contributed by atoms with Gasteiger partial charge in [-0.05, 0) is 24.3 Å². The topological polar surface area (TPSA) is 135 Å². The molecule has 0 aliphatic carbocycles. The number of nitrogens with two attached hydrogens (primary N) is 1. The summed E-state index contributed by atoms with van der Waals surface area (Å²) < 4.78 is 67.6. The third-order valence-corrected chi connectivity index (χ3v) is 5.78. The molecule has 2 heterocycles. The van der Waals surface area contributed by atoms with E-state index in [4.69, 9.17) is 5.14 Å². The molecule has 178 valence electrons. The summed E-state index contributed by atoms with van der Waals surface area (Å²) in [5.74, 6) is -0.932. The molecule has 14 heteroatoms. The van der Waals surface area contributed by atoms with Crippen LogP contribution in [0.1, 0.15) is 15.9 Å². The lowest BCUT2D eigenvalue weighted by atomic mass is 10.1. The second-order valence-corrected chi connectivity index (χ2v) is 8.63. The van der Waals surface area contributed by atoms with Gasteiger partial charge in [-0.25, -0.2) is 23.3 Å². The van der Waals surface area contributed by atoms with Gasteiger partial charge in [-0.2, -0.15) is 13.2 Å². The van der Waals surface area contributed by atoms with Gasteiger partial charge in [0.1, 0.15) is 5.82 Å². The Hall–Kier alpha value is -3.39. The maximum absolute atomic E-state index is 13.3. The summed E-state index contributed by atoms with van der Waals surface area (Å²) in [7, 11) is -2.82. The van der Waals surface area contributed by atoms with E-state index in [2.05, 4.69) is 15.0 Å². The smallest absolute Gasteiger partial charge is 0.417 e. The molecule has 1 aliphatic rings. The van der Waals surface area contributed by atoms with Gasteiger partial charge in [0.2, 0.25) is 10.0 Å². The van der Waals surface area contributed by atoms with Gasteiger partial charge in [0.05, 0.1) is 23.1 Å². The molecule has 0 saturated carbocycles. The molecule has 33 heavy (non-hydrogen) atoms. The van der Waals surface area contributed by atoms with Crippen LogP contribution in [0, 0.1) is 0 Å². The molecule has 10 nitrogen and oxygen atoms in total. The van der Waals surface area contributed by atoms with Gasteiger partial charge in [0.25, 0.3) is 5.91 Å². The van der Waals surface area contributed by atoms with E-state index in [-0.39, 0.29) is 48.1 Å². The van der Waals surface area contributed by atoms with Crippen LogP contribution in [0.15, 0.2) is 41.4 Å². The van der Waals surface area contributed by atoms with E-state index in [9.17, 15) is 31.2 Å². The highest BCUT2D eigenvalue weighted by Crippen LogP contribution is 2.32. The average molecular weight is 487 g/mol. The van der Waals surface area contributed by atoms with E-state index >= 15 is 0 Å². The normalized spacial score (nSPS) is 14.7. The fraction of sp³-hybridized carbons (Fsp3) is 0.316. The average Bonchev–Trinajstić information content (AvgIpc) is 2.77. The van der Waals surface area contributed by atoms with E-state index in [0.717, 1.165) is 6.07 Å². The molecule has 3 rings (SSSR count). The number of pyridine rings is 1. The van der Waals surface area contributed by atoms with Crippen molar-refractivity contribution < 1.29 is 35.9 Å². The largest absolute Gasteiger partial charge is 0.453 e. The lowest BCUT2D eigenvalue weighted by Crippen LogP contribution is -2.49. The zero-order valence-electron chi connectivity index (χ0n) is 17.3. The maximum Gasteiger partial charge on any atom is 0.417 e. The molecule has 1 fully saturated rings.